The second-order valence-electron chi connectivity index (χ2n) is 9.38. The highest BCUT2D eigenvalue weighted by Crippen LogP contribution is 2.38. The van der Waals surface area contributed by atoms with Gasteiger partial charge in [-0.3, -0.25) is 4.79 Å². The number of carbonyl (C=O) groups is 1. The van der Waals surface area contributed by atoms with Crippen LogP contribution < -0.4 is 10.6 Å². The van der Waals surface area contributed by atoms with Gasteiger partial charge in [-0.05, 0) is 38.0 Å². The first-order chi connectivity index (χ1) is 17.9. The summed E-state index contributed by atoms with van der Waals surface area (Å²) in [7, 11) is 0. The fourth-order valence-electron chi connectivity index (χ4n) is 4.64. The smallest absolute Gasteiger partial charge is 0.256 e. The van der Waals surface area contributed by atoms with Gasteiger partial charge in [-0.2, -0.15) is 0 Å². The Morgan fingerprint density at radius 2 is 1.92 bits per heavy atom. The molecule has 0 spiro atoms. The first-order valence-electron chi connectivity index (χ1n) is 12.2. The average Bonchev–Trinajstić information content (AvgIpc) is 3.50. The average molecular weight is 500 g/mol. The second-order valence-corrected chi connectivity index (χ2v) is 9.38. The van der Waals surface area contributed by atoms with Crippen molar-refractivity contribution in [1.29, 1.82) is 0 Å². The number of aliphatic hydroxyl groups excluding tert-OH is 1. The van der Waals surface area contributed by atoms with Gasteiger partial charge < -0.3 is 25.1 Å². The molecule has 10 heteroatoms. The topological polar surface area (TPSA) is 129 Å². The Bertz CT molecular complexity index is 1390. The third-order valence-electron chi connectivity index (χ3n) is 6.54. The molecule has 5 rings (SSSR count). The fraction of sp³-hybridized carbons (Fsp3) is 0.296. The lowest BCUT2D eigenvalue weighted by atomic mass is 9.99. The van der Waals surface area contributed by atoms with E-state index in [0.29, 0.717) is 40.9 Å². The highest BCUT2D eigenvalue weighted by atomic mass is 16.4. The number of hydrogen-bond donors (Lipinski definition) is 3. The molecule has 37 heavy (non-hydrogen) atoms. The van der Waals surface area contributed by atoms with Gasteiger partial charge in [0.1, 0.15) is 11.6 Å². The van der Waals surface area contributed by atoms with Gasteiger partial charge in [-0.15, -0.1) is 10.2 Å². The number of nitrogens with one attached hydrogen (secondary N) is 2. The minimum absolute atomic E-state index is 0.00498. The maximum Gasteiger partial charge on any atom is 0.256 e. The summed E-state index contributed by atoms with van der Waals surface area (Å²) < 4.78 is 5.42. The highest BCUT2D eigenvalue weighted by molar-refractivity contribution is 5.99. The number of carbonyl (C=O) groups excluding carboxylic acids is 1. The summed E-state index contributed by atoms with van der Waals surface area (Å²) in [4.78, 5) is 24.1. The van der Waals surface area contributed by atoms with Crippen LogP contribution in [0.4, 0.5) is 17.3 Å². The predicted molar refractivity (Wildman–Crippen MR) is 139 cm³/mol. The third kappa shape index (κ3) is 4.63. The van der Waals surface area contributed by atoms with E-state index in [9.17, 15) is 9.90 Å². The monoisotopic (exact) mass is 499 g/mol. The lowest BCUT2D eigenvalue weighted by molar-refractivity contribution is 0.0615. The Morgan fingerprint density at radius 3 is 2.62 bits per heavy atom. The number of aromatic nitrogens is 4. The van der Waals surface area contributed by atoms with Crippen LogP contribution in [-0.2, 0) is 5.54 Å². The molecule has 0 saturated heterocycles. The molecule has 1 aliphatic rings. The van der Waals surface area contributed by atoms with Crippen molar-refractivity contribution in [2.45, 2.75) is 38.8 Å². The summed E-state index contributed by atoms with van der Waals surface area (Å²) >= 11 is 0. The van der Waals surface area contributed by atoms with E-state index in [-0.39, 0.29) is 18.6 Å². The molecule has 1 aliphatic heterocycles. The normalized spacial score (nSPS) is 14.9. The number of aliphatic hydroxyl groups is 1. The molecule has 0 fully saturated rings. The molecular formula is C27H29N7O3. The van der Waals surface area contributed by atoms with Crippen LogP contribution >= 0.6 is 0 Å². The molecular weight excluding hydrogens is 470 g/mol. The Balaban J connectivity index is 1.47. The Morgan fingerprint density at radius 1 is 1.11 bits per heavy atom. The molecule has 0 aliphatic carbocycles. The third-order valence-corrected chi connectivity index (χ3v) is 6.54. The number of pyridine rings is 2. The number of fused-ring (bicyclic) bond motifs is 1. The number of anilines is 3. The minimum atomic E-state index is -0.508. The molecule has 0 radical (unpaired) electrons. The van der Waals surface area contributed by atoms with Gasteiger partial charge in [0.15, 0.2) is 0 Å². The molecule has 4 heterocycles. The van der Waals surface area contributed by atoms with Crippen LogP contribution in [0.1, 0.15) is 54.8 Å². The summed E-state index contributed by atoms with van der Waals surface area (Å²) in [6, 6.07) is 14.7. The van der Waals surface area contributed by atoms with Crippen LogP contribution in [-0.4, -0.2) is 49.2 Å². The van der Waals surface area contributed by atoms with E-state index in [1.54, 1.807) is 18.3 Å². The molecule has 3 aromatic heterocycles. The zero-order valence-corrected chi connectivity index (χ0v) is 21.0. The molecule has 0 saturated carbocycles. The number of rotatable bonds is 9. The van der Waals surface area contributed by atoms with Crippen LogP contribution in [0, 0.1) is 0 Å². The predicted octanol–water partition coefficient (Wildman–Crippen LogP) is 4.52. The van der Waals surface area contributed by atoms with Crippen molar-refractivity contribution in [2.24, 2.45) is 0 Å². The van der Waals surface area contributed by atoms with E-state index < -0.39 is 5.54 Å². The molecule has 3 N–H and O–H groups in total. The van der Waals surface area contributed by atoms with Crippen molar-refractivity contribution in [3.05, 3.63) is 77.9 Å². The van der Waals surface area contributed by atoms with Crippen LogP contribution in [0.25, 0.3) is 11.5 Å². The maximum absolute atomic E-state index is 12.9. The van der Waals surface area contributed by atoms with Crippen molar-refractivity contribution in [2.75, 3.05) is 23.8 Å². The molecule has 1 amide bonds. The van der Waals surface area contributed by atoms with Crippen molar-refractivity contribution in [3.8, 4) is 11.5 Å². The largest absolute Gasteiger partial charge is 0.423 e. The molecule has 190 valence electrons. The number of hydrogen-bond acceptors (Lipinski definition) is 9. The van der Waals surface area contributed by atoms with Gasteiger partial charge in [0.25, 0.3) is 11.8 Å². The van der Waals surface area contributed by atoms with E-state index >= 15 is 0 Å². The van der Waals surface area contributed by atoms with Crippen molar-refractivity contribution in [3.63, 3.8) is 0 Å². The number of nitrogens with zero attached hydrogens (tertiary/aromatic N) is 5. The maximum atomic E-state index is 12.9. The van der Waals surface area contributed by atoms with Gasteiger partial charge in [0.05, 0.1) is 40.7 Å². The molecule has 4 aromatic rings. The van der Waals surface area contributed by atoms with E-state index in [0.717, 1.165) is 17.7 Å². The van der Waals surface area contributed by atoms with Gasteiger partial charge in [0, 0.05) is 18.8 Å². The zero-order chi connectivity index (χ0) is 26.0. The van der Waals surface area contributed by atoms with E-state index in [4.69, 9.17) is 9.40 Å². The zero-order valence-electron chi connectivity index (χ0n) is 21.0. The number of amides is 1. The first kappa shape index (κ1) is 24.4. The highest BCUT2D eigenvalue weighted by Gasteiger charge is 2.43. The summed E-state index contributed by atoms with van der Waals surface area (Å²) in [6.45, 7) is 6.64. The van der Waals surface area contributed by atoms with Gasteiger partial charge in [0.2, 0.25) is 6.39 Å². The van der Waals surface area contributed by atoms with Crippen molar-refractivity contribution < 1.29 is 14.3 Å². The minimum Gasteiger partial charge on any atom is -0.423 e. The summed E-state index contributed by atoms with van der Waals surface area (Å²) in [6.07, 6.45) is 3.75. The van der Waals surface area contributed by atoms with Crippen molar-refractivity contribution >= 4 is 23.2 Å². The Kier molecular flexibility index (Phi) is 6.58. The van der Waals surface area contributed by atoms with Crippen molar-refractivity contribution in [1.82, 2.24) is 25.1 Å². The van der Waals surface area contributed by atoms with E-state index in [1.807, 2.05) is 55.1 Å². The fourth-order valence-corrected chi connectivity index (χ4v) is 4.64. The van der Waals surface area contributed by atoms with Gasteiger partial charge in [-0.25, -0.2) is 9.97 Å². The van der Waals surface area contributed by atoms with E-state index in [2.05, 4.69) is 32.7 Å². The van der Waals surface area contributed by atoms with Gasteiger partial charge in [-0.1, -0.05) is 37.3 Å². The Labute approximate surface area is 214 Å². The molecule has 10 nitrogen and oxygen atoms in total. The molecule has 0 bridgehead atoms. The SMILES string of the molecule is CCCN1C(=O)c2ccc(Nc3cc(N[C@H](CO)c4ccccc4)c(-c4nnco4)cn3)nc2C1(C)C. The molecule has 1 atom stereocenters. The second kappa shape index (κ2) is 9.98. The lowest BCUT2D eigenvalue weighted by Gasteiger charge is -2.31. The molecule has 1 aromatic carbocycles. The van der Waals surface area contributed by atoms with Crippen LogP contribution in [0.3, 0.4) is 0 Å². The Hall–Kier alpha value is -4.31. The quantitative estimate of drug-likeness (QED) is 0.304. The summed E-state index contributed by atoms with van der Waals surface area (Å²) in [5.74, 6) is 1.41. The lowest BCUT2D eigenvalue weighted by Crippen LogP contribution is -2.39. The number of benzene rings is 1. The molecule has 0 unspecified atom stereocenters. The summed E-state index contributed by atoms with van der Waals surface area (Å²) in [5.41, 5.74) is 3.03. The first-order valence-corrected chi connectivity index (χ1v) is 12.2. The van der Waals surface area contributed by atoms with Gasteiger partial charge >= 0.3 is 0 Å². The summed E-state index contributed by atoms with van der Waals surface area (Å²) in [5, 5.41) is 24.5. The van der Waals surface area contributed by atoms with Crippen LogP contribution in [0.2, 0.25) is 0 Å². The van der Waals surface area contributed by atoms with Crippen LogP contribution in [0.15, 0.2) is 65.5 Å². The standard InChI is InChI=1S/C27H29N7O3/c1-4-12-34-26(36)18-10-11-22(32-24(18)27(34,2)3)31-23-13-20(19(14-28-23)25-33-29-16-37-25)30-21(15-35)17-8-6-5-7-9-17/h5-11,13-14,16,21,35H,4,12,15H2,1-3H3,(H2,28,30,31,32)/t21-/m1/s1. The van der Waals surface area contributed by atoms with E-state index in [1.165, 1.54) is 6.39 Å². The van der Waals surface area contributed by atoms with Crippen LogP contribution in [0.5, 0.6) is 0 Å².